The molecule has 1 N–H and O–H groups in total. The van der Waals surface area contributed by atoms with Gasteiger partial charge in [0.1, 0.15) is 0 Å². The molecule has 0 aliphatic carbocycles. The van der Waals surface area contributed by atoms with E-state index in [1.54, 1.807) is 16.2 Å². The van der Waals surface area contributed by atoms with Crippen LogP contribution >= 0.6 is 11.3 Å². The first kappa shape index (κ1) is 28.0. The Morgan fingerprint density at radius 3 is 2.23 bits per heavy atom. The maximum absolute atomic E-state index is 13.6. The molecule has 35 heavy (non-hydrogen) atoms. The van der Waals surface area contributed by atoms with Crippen molar-refractivity contribution in [1.82, 2.24) is 4.90 Å². The summed E-state index contributed by atoms with van der Waals surface area (Å²) in [6.45, 7) is 7.00. The van der Waals surface area contributed by atoms with Gasteiger partial charge in [-0.25, -0.2) is 0 Å². The van der Waals surface area contributed by atoms with Crippen LogP contribution in [0.3, 0.4) is 0 Å². The summed E-state index contributed by atoms with van der Waals surface area (Å²) in [6.07, 6.45) is 2.73. The van der Waals surface area contributed by atoms with Gasteiger partial charge in [-0.15, -0.1) is 0 Å². The van der Waals surface area contributed by atoms with Crippen LogP contribution in [0, 0.1) is 5.92 Å². The highest BCUT2D eigenvalue weighted by Gasteiger charge is 2.38. The van der Waals surface area contributed by atoms with Gasteiger partial charge in [0.05, 0.1) is 52.9 Å². The average molecular weight is 514 g/mol. The fraction of sp³-hybridized carbons (Fsp3) is 0.720. The van der Waals surface area contributed by atoms with Gasteiger partial charge >= 0.3 is 0 Å². The maximum atomic E-state index is 13.6. The van der Waals surface area contributed by atoms with Crippen molar-refractivity contribution in [2.75, 3.05) is 79.2 Å². The fourth-order valence-electron chi connectivity index (χ4n) is 4.18. The molecule has 3 rings (SSSR count). The minimum Gasteiger partial charge on any atom is -0.459 e. The molecule has 0 bridgehead atoms. The quantitative estimate of drug-likeness (QED) is 0.594. The van der Waals surface area contributed by atoms with E-state index in [0.29, 0.717) is 79.0 Å². The number of nitrogens with zero attached hydrogens (tertiary/aromatic N) is 1. The van der Waals surface area contributed by atoms with Crippen molar-refractivity contribution in [3.05, 3.63) is 34.2 Å². The highest BCUT2D eigenvalue weighted by atomic mass is 32.1. The van der Waals surface area contributed by atoms with Crippen molar-refractivity contribution in [3.8, 4) is 0 Å². The number of thiophene rings is 1. The Balaban J connectivity index is 1.75. The standard InChI is InChI=1S/C25H39NO8S/c1-2-33-25-21(4-3-8-27)22(20-5-17-35-19-20)18-23(34-25)24(28)26-6-9-29-11-13-31-15-16-32-14-12-30-10-7-26/h5,17-19,21-22,25,27H,2-4,6-16H2,1H3/t21-,22+,25+/m1/s1. The van der Waals surface area contributed by atoms with Gasteiger partial charge in [0, 0.05) is 38.1 Å². The molecule has 0 spiro atoms. The van der Waals surface area contributed by atoms with Crippen molar-refractivity contribution in [2.45, 2.75) is 32.0 Å². The Kier molecular flexibility index (Phi) is 13.0. The molecule has 0 saturated carbocycles. The summed E-state index contributed by atoms with van der Waals surface area (Å²) in [7, 11) is 0. The smallest absolute Gasteiger partial charge is 0.288 e. The second-order valence-electron chi connectivity index (χ2n) is 8.33. The van der Waals surface area contributed by atoms with E-state index in [9.17, 15) is 9.90 Å². The van der Waals surface area contributed by atoms with E-state index in [-0.39, 0.29) is 30.1 Å². The van der Waals surface area contributed by atoms with Crippen LogP contribution in [0.15, 0.2) is 28.7 Å². The van der Waals surface area contributed by atoms with Crippen molar-refractivity contribution < 1.29 is 38.3 Å². The number of aliphatic hydroxyl groups excluding tert-OH is 1. The Morgan fingerprint density at radius 1 is 1.06 bits per heavy atom. The Hall–Kier alpha value is -1.53. The third kappa shape index (κ3) is 9.13. The van der Waals surface area contributed by atoms with E-state index in [1.807, 2.05) is 18.4 Å². The molecule has 1 aromatic rings. The number of amides is 1. The SMILES string of the molecule is CCO[C@H]1OC(C(=O)N2CCOCCOCCOCCOCC2)=C[C@@H](c2ccsc2)[C@H]1CCCO. The predicted molar refractivity (Wildman–Crippen MR) is 131 cm³/mol. The van der Waals surface area contributed by atoms with Gasteiger partial charge in [-0.3, -0.25) is 4.79 Å². The van der Waals surface area contributed by atoms with E-state index in [0.717, 1.165) is 12.0 Å². The number of allylic oxidation sites excluding steroid dienone is 1. The third-order valence-corrected chi connectivity index (χ3v) is 6.67. The van der Waals surface area contributed by atoms with Crippen molar-refractivity contribution in [2.24, 2.45) is 5.92 Å². The largest absolute Gasteiger partial charge is 0.459 e. The predicted octanol–water partition coefficient (Wildman–Crippen LogP) is 2.41. The van der Waals surface area contributed by atoms with Crippen molar-refractivity contribution in [1.29, 1.82) is 0 Å². The zero-order valence-electron chi connectivity index (χ0n) is 20.6. The average Bonchev–Trinajstić information content (AvgIpc) is 3.40. The summed E-state index contributed by atoms with van der Waals surface area (Å²) in [4.78, 5) is 15.3. The molecule has 9 nitrogen and oxygen atoms in total. The molecular formula is C25H39NO8S. The van der Waals surface area contributed by atoms with Crippen LogP contribution < -0.4 is 0 Å². The normalized spacial score (nSPS) is 25.7. The molecule has 0 aromatic carbocycles. The number of aliphatic hydroxyl groups is 1. The second-order valence-corrected chi connectivity index (χ2v) is 9.11. The Morgan fingerprint density at radius 2 is 1.69 bits per heavy atom. The molecule has 3 atom stereocenters. The zero-order chi connectivity index (χ0) is 24.7. The molecule has 1 saturated heterocycles. The number of carbonyl (C=O) groups is 1. The van der Waals surface area contributed by atoms with E-state index >= 15 is 0 Å². The second kappa shape index (κ2) is 16.3. The van der Waals surface area contributed by atoms with Crippen LogP contribution in [0.4, 0.5) is 0 Å². The van der Waals surface area contributed by atoms with Crippen LogP contribution in [0.5, 0.6) is 0 Å². The van der Waals surface area contributed by atoms with Crippen LogP contribution in [0.1, 0.15) is 31.2 Å². The van der Waals surface area contributed by atoms with Crippen LogP contribution in [0.2, 0.25) is 0 Å². The van der Waals surface area contributed by atoms with Gasteiger partial charge in [0.15, 0.2) is 5.76 Å². The molecule has 3 heterocycles. The lowest BCUT2D eigenvalue weighted by Gasteiger charge is -2.37. The van der Waals surface area contributed by atoms with E-state index in [4.69, 9.17) is 28.4 Å². The summed E-state index contributed by atoms with van der Waals surface area (Å²) in [5.74, 6) is 0.0363. The van der Waals surface area contributed by atoms with Gasteiger partial charge in [-0.05, 0) is 48.2 Å². The molecule has 2 aliphatic heterocycles. The number of ether oxygens (including phenoxy) is 6. The highest BCUT2D eigenvalue weighted by Crippen LogP contribution is 2.40. The van der Waals surface area contributed by atoms with E-state index in [2.05, 4.69) is 11.4 Å². The number of rotatable bonds is 7. The van der Waals surface area contributed by atoms with Gasteiger partial charge in [0.2, 0.25) is 6.29 Å². The molecule has 0 unspecified atom stereocenters. The monoisotopic (exact) mass is 513 g/mol. The molecule has 0 radical (unpaired) electrons. The van der Waals surface area contributed by atoms with Crippen molar-refractivity contribution in [3.63, 3.8) is 0 Å². The summed E-state index contributed by atoms with van der Waals surface area (Å²) in [6, 6.07) is 2.07. The summed E-state index contributed by atoms with van der Waals surface area (Å²) in [5.41, 5.74) is 1.12. The number of hydrogen-bond donors (Lipinski definition) is 1. The highest BCUT2D eigenvalue weighted by molar-refractivity contribution is 7.08. The van der Waals surface area contributed by atoms with E-state index in [1.165, 1.54) is 0 Å². The lowest BCUT2D eigenvalue weighted by Crippen LogP contribution is -2.42. The lowest BCUT2D eigenvalue weighted by molar-refractivity contribution is -0.170. The zero-order valence-corrected chi connectivity index (χ0v) is 21.4. The molecule has 2 aliphatic rings. The third-order valence-electron chi connectivity index (χ3n) is 5.96. The maximum Gasteiger partial charge on any atom is 0.288 e. The minimum absolute atomic E-state index is 0.00263. The first-order valence-electron chi connectivity index (χ1n) is 12.5. The summed E-state index contributed by atoms with van der Waals surface area (Å²) in [5, 5.41) is 13.6. The molecule has 1 amide bonds. The molecule has 1 aromatic heterocycles. The van der Waals surface area contributed by atoms with Crippen LogP contribution in [0.25, 0.3) is 0 Å². The topological polar surface area (TPSA) is 95.9 Å². The van der Waals surface area contributed by atoms with Gasteiger partial charge in [-0.2, -0.15) is 11.3 Å². The fourth-order valence-corrected chi connectivity index (χ4v) is 4.89. The first-order valence-corrected chi connectivity index (χ1v) is 13.4. The lowest BCUT2D eigenvalue weighted by atomic mass is 9.81. The Bertz CT molecular complexity index is 728. The molecular weight excluding hydrogens is 474 g/mol. The van der Waals surface area contributed by atoms with Gasteiger partial charge in [-0.1, -0.05) is 0 Å². The van der Waals surface area contributed by atoms with Gasteiger partial charge in [0.25, 0.3) is 5.91 Å². The van der Waals surface area contributed by atoms with Crippen molar-refractivity contribution >= 4 is 17.2 Å². The first-order chi connectivity index (χ1) is 17.2. The number of hydrogen-bond acceptors (Lipinski definition) is 9. The molecule has 198 valence electrons. The van der Waals surface area contributed by atoms with Crippen LogP contribution in [-0.4, -0.2) is 101 Å². The van der Waals surface area contributed by atoms with Crippen LogP contribution in [-0.2, 0) is 33.2 Å². The summed E-state index contributed by atoms with van der Waals surface area (Å²) < 4.78 is 34.4. The molecule has 10 heteroatoms. The molecule has 1 fully saturated rings. The minimum atomic E-state index is -0.564. The Labute approximate surface area is 211 Å². The van der Waals surface area contributed by atoms with E-state index < -0.39 is 6.29 Å². The number of carbonyl (C=O) groups excluding carboxylic acids is 1. The summed E-state index contributed by atoms with van der Waals surface area (Å²) >= 11 is 1.62. The van der Waals surface area contributed by atoms with Gasteiger partial charge < -0.3 is 38.4 Å².